The molecule has 106 valence electrons. The summed E-state index contributed by atoms with van der Waals surface area (Å²) in [5.74, 6) is 0.725. The standard InChI is InChI=1S/C17H27NO/c1-14(2)11-15-5-7-16(8-6-15)17(12-19-13-17)9-4-10-18-3/h5-8,14,18H,4,9-13H2,1-3H3. The van der Waals surface area contributed by atoms with Crippen molar-refractivity contribution in [3.8, 4) is 0 Å². The van der Waals surface area contributed by atoms with Crippen molar-refractivity contribution < 1.29 is 4.74 Å². The molecule has 0 aromatic heterocycles. The van der Waals surface area contributed by atoms with Gasteiger partial charge in [0.2, 0.25) is 0 Å². The van der Waals surface area contributed by atoms with Gasteiger partial charge in [-0.3, -0.25) is 0 Å². The van der Waals surface area contributed by atoms with Gasteiger partial charge < -0.3 is 10.1 Å². The molecular formula is C17H27NO. The average Bonchev–Trinajstić information content (AvgIpc) is 2.33. The van der Waals surface area contributed by atoms with Gasteiger partial charge in [-0.2, -0.15) is 0 Å². The van der Waals surface area contributed by atoms with Crippen LogP contribution in [0.1, 0.15) is 37.8 Å². The first-order valence-electron chi connectivity index (χ1n) is 7.48. The number of ether oxygens (including phenoxy) is 1. The summed E-state index contributed by atoms with van der Waals surface area (Å²) in [7, 11) is 2.02. The third-order valence-corrected chi connectivity index (χ3v) is 4.05. The van der Waals surface area contributed by atoms with Crippen molar-refractivity contribution in [3.63, 3.8) is 0 Å². The Hall–Kier alpha value is -0.860. The van der Waals surface area contributed by atoms with E-state index in [1.807, 2.05) is 7.05 Å². The van der Waals surface area contributed by atoms with Crippen LogP contribution in [0.15, 0.2) is 24.3 Å². The maximum Gasteiger partial charge on any atom is 0.0585 e. The number of nitrogens with one attached hydrogen (secondary N) is 1. The summed E-state index contributed by atoms with van der Waals surface area (Å²) < 4.78 is 5.50. The molecular weight excluding hydrogens is 234 g/mol. The van der Waals surface area contributed by atoms with E-state index in [1.165, 1.54) is 30.4 Å². The average molecular weight is 261 g/mol. The highest BCUT2D eigenvalue weighted by Gasteiger charge is 2.39. The zero-order chi connectivity index (χ0) is 13.7. The van der Waals surface area contributed by atoms with E-state index in [-0.39, 0.29) is 5.41 Å². The lowest BCUT2D eigenvalue weighted by Gasteiger charge is -2.42. The van der Waals surface area contributed by atoms with Crippen molar-refractivity contribution in [2.75, 3.05) is 26.8 Å². The summed E-state index contributed by atoms with van der Waals surface area (Å²) in [6, 6.07) is 9.24. The summed E-state index contributed by atoms with van der Waals surface area (Å²) in [5.41, 5.74) is 3.19. The van der Waals surface area contributed by atoms with Crippen LogP contribution in [0.4, 0.5) is 0 Å². The molecule has 1 aliphatic heterocycles. The van der Waals surface area contributed by atoms with E-state index in [4.69, 9.17) is 4.74 Å². The fourth-order valence-electron chi connectivity index (χ4n) is 2.87. The van der Waals surface area contributed by atoms with Gasteiger partial charge in [0.1, 0.15) is 0 Å². The molecule has 1 heterocycles. The van der Waals surface area contributed by atoms with Gasteiger partial charge in [0, 0.05) is 5.41 Å². The van der Waals surface area contributed by atoms with E-state index >= 15 is 0 Å². The molecule has 0 amide bonds. The number of hydrogen-bond acceptors (Lipinski definition) is 2. The zero-order valence-corrected chi connectivity index (χ0v) is 12.5. The van der Waals surface area contributed by atoms with Crippen LogP contribution in [-0.4, -0.2) is 26.8 Å². The van der Waals surface area contributed by atoms with E-state index in [2.05, 4.69) is 43.4 Å². The summed E-state index contributed by atoms with van der Waals surface area (Å²) in [6.45, 7) is 7.41. The fraction of sp³-hybridized carbons (Fsp3) is 0.647. The predicted molar refractivity (Wildman–Crippen MR) is 80.6 cm³/mol. The maximum absolute atomic E-state index is 5.50. The second kappa shape index (κ2) is 6.53. The molecule has 1 fully saturated rings. The van der Waals surface area contributed by atoms with Crippen molar-refractivity contribution in [1.29, 1.82) is 0 Å². The van der Waals surface area contributed by atoms with Gasteiger partial charge in [-0.15, -0.1) is 0 Å². The lowest BCUT2D eigenvalue weighted by Crippen LogP contribution is -2.47. The molecule has 0 aliphatic carbocycles. The molecule has 1 N–H and O–H groups in total. The lowest BCUT2D eigenvalue weighted by molar-refractivity contribution is -0.0650. The minimum Gasteiger partial charge on any atom is -0.379 e. The van der Waals surface area contributed by atoms with Crippen molar-refractivity contribution in [1.82, 2.24) is 5.32 Å². The molecule has 2 rings (SSSR count). The Morgan fingerprint density at radius 2 is 1.89 bits per heavy atom. The topological polar surface area (TPSA) is 21.3 Å². The van der Waals surface area contributed by atoms with Crippen molar-refractivity contribution in [2.45, 2.75) is 38.5 Å². The highest BCUT2D eigenvalue weighted by atomic mass is 16.5. The van der Waals surface area contributed by atoms with E-state index in [0.29, 0.717) is 0 Å². The fourth-order valence-corrected chi connectivity index (χ4v) is 2.87. The molecule has 2 nitrogen and oxygen atoms in total. The Kier molecular flexibility index (Phi) is 5.00. The van der Waals surface area contributed by atoms with Crippen LogP contribution in [0.2, 0.25) is 0 Å². The van der Waals surface area contributed by atoms with Gasteiger partial charge in [0.15, 0.2) is 0 Å². The van der Waals surface area contributed by atoms with E-state index < -0.39 is 0 Å². The molecule has 1 aromatic rings. The molecule has 0 radical (unpaired) electrons. The number of hydrogen-bond donors (Lipinski definition) is 1. The van der Waals surface area contributed by atoms with E-state index in [0.717, 1.165) is 25.7 Å². The van der Waals surface area contributed by atoms with Crippen LogP contribution in [0.5, 0.6) is 0 Å². The van der Waals surface area contributed by atoms with Crippen molar-refractivity contribution >= 4 is 0 Å². The van der Waals surface area contributed by atoms with E-state index in [1.54, 1.807) is 0 Å². The molecule has 0 unspecified atom stereocenters. The van der Waals surface area contributed by atoms with E-state index in [9.17, 15) is 0 Å². The minimum atomic E-state index is 0.285. The first kappa shape index (κ1) is 14.5. The van der Waals surface area contributed by atoms with Crippen LogP contribution in [0.3, 0.4) is 0 Å². The summed E-state index contributed by atoms with van der Waals surface area (Å²) in [5, 5.41) is 3.23. The first-order chi connectivity index (χ1) is 9.16. The second-order valence-corrected chi connectivity index (χ2v) is 6.28. The first-order valence-corrected chi connectivity index (χ1v) is 7.48. The van der Waals surface area contributed by atoms with Crippen molar-refractivity contribution in [2.24, 2.45) is 5.92 Å². The van der Waals surface area contributed by atoms with Gasteiger partial charge >= 0.3 is 0 Å². The molecule has 1 aromatic carbocycles. The van der Waals surface area contributed by atoms with Gasteiger partial charge in [0.25, 0.3) is 0 Å². The van der Waals surface area contributed by atoms with Crippen LogP contribution in [0.25, 0.3) is 0 Å². The van der Waals surface area contributed by atoms with Crippen LogP contribution >= 0.6 is 0 Å². The Morgan fingerprint density at radius 3 is 2.37 bits per heavy atom. The molecule has 19 heavy (non-hydrogen) atoms. The monoisotopic (exact) mass is 261 g/mol. The predicted octanol–water partition coefficient (Wildman–Crippen LogP) is 3.15. The summed E-state index contributed by atoms with van der Waals surface area (Å²) in [6.07, 6.45) is 3.61. The quantitative estimate of drug-likeness (QED) is 0.761. The summed E-state index contributed by atoms with van der Waals surface area (Å²) >= 11 is 0. The Bertz CT molecular complexity index is 379. The second-order valence-electron chi connectivity index (χ2n) is 6.28. The molecule has 0 bridgehead atoms. The van der Waals surface area contributed by atoms with Crippen molar-refractivity contribution in [3.05, 3.63) is 35.4 Å². The SMILES string of the molecule is CNCCCC1(c2ccc(CC(C)C)cc2)COC1. The van der Waals surface area contributed by atoms with Crippen LogP contribution in [0, 0.1) is 5.92 Å². The largest absolute Gasteiger partial charge is 0.379 e. The minimum absolute atomic E-state index is 0.285. The molecule has 0 saturated carbocycles. The molecule has 1 aliphatic rings. The van der Waals surface area contributed by atoms with Gasteiger partial charge in [-0.25, -0.2) is 0 Å². The number of benzene rings is 1. The normalized spacial score (nSPS) is 17.5. The third kappa shape index (κ3) is 3.58. The maximum atomic E-state index is 5.50. The highest BCUT2D eigenvalue weighted by molar-refractivity contribution is 5.31. The highest BCUT2D eigenvalue weighted by Crippen LogP contribution is 2.36. The summed E-state index contributed by atoms with van der Waals surface area (Å²) in [4.78, 5) is 0. The zero-order valence-electron chi connectivity index (χ0n) is 12.5. The van der Waals surface area contributed by atoms with Gasteiger partial charge in [0.05, 0.1) is 13.2 Å². The van der Waals surface area contributed by atoms with Gasteiger partial charge in [-0.1, -0.05) is 38.1 Å². The van der Waals surface area contributed by atoms with Gasteiger partial charge in [-0.05, 0) is 49.9 Å². The van der Waals surface area contributed by atoms with Crippen LogP contribution < -0.4 is 5.32 Å². The Balaban J connectivity index is 2.02. The molecule has 1 saturated heterocycles. The molecule has 0 atom stereocenters. The Morgan fingerprint density at radius 1 is 1.21 bits per heavy atom. The third-order valence-electron chi connectivity index (χ3n) is 4.05. The lowest BCUT2D eigenvalue weighted by atomic mass is 9.74. The Labute approximate surface area is 117 Å². The molecule has 2 heteroatoms. The molecule has 0 spiro atoms. The van der Waals surface area contributed by atoms with Crippen LogP contribution in [-0.2, 0) is 16.6 Å². The smallest absolute Gasteiger partial charge is 0.0585 e. The number of rotatable bonds is 7.